The van der Waals surface area contributed by atoms with Gasteiger partial charge in [-0.2, -0.15) is 0 Å². The van der Waals surface area contributed by atoms with Crippen molar-refractivity contribution in [1.29, 1.82) is 0 Å². The van der Waals surface area contributed by atoms with E-state index >= 15 is 0 Å². The van der Waals surface area contributed by atoms with Crippen molar-refractivity contribution < 1.29 is 14.3 Å². The van der Waals surface area contributed by atoms with Gasteiger partial charge in [-0.3, -0.25) is 4.79 Å². The molecule has 2 heterocycles. The van der Waals surface area contributed by atoms with Gasteiger partial charge in [0, 0.05) is 18.5 Å². The summed E-state index contributed by atoms with van der Waals surface area (Å²) in [5.74, 6) is 1.05. The number of hydrogen-bond donors (Lipinski definition) is 0. The predicted octanol–water partition coefficient (Wildman–Crippen LogP) is 2.68. The van der Waals surface area contributed by atoms with Gasteiger partial charge in [-0.05, 0) is 23.6 Å². The van der Waals surface area contributed by atoms with Crippen molar-refractivity contribution in [3.63, 3.8) is 0 Å². The minimum Gasteiger partial charge on any atom is -0.426 e. The van der Waals surface area contributed by atoms with Crippen molar-refractivity contribution in [3.8, 4) is 17.5 Å². The highest BCUT2D eigenvalue weighted by molar-refractivity contribution is 5.76. The molecule has 1 aromatic heterocycles. The highest BCUT2D eigenvalue weighted by Gasteiger charge is 2.24. The number of benzene rings is 1. The van der Waals surface area contributed by atoms with Crippen molar-refractivity contribution in [2.45, 2.75) is 19.3 Å². The number of hydrogen-bond acceptors (Lipinski definition) is 5. The minimum absolute atomic E-state index is 0.165. The van der Waals surface area contributed by atoms with Crippen LogP contribution in [0.1, 0.15) is 24.8 Å². The molecule has 5 nitrogen and oxygen atoms in total. The van der Waals surface area contributed by atoms with Crippen LogP contribution in [-0.4, -0.2) is 15.9 Å². The molecule has 5 heteroatoms. The van der Waals surface area contributed by atoms with E-state index in [1.54, 1.807) is 24.5 Å². The first-order valence-electron chi connectivity index (χ1n) is 6.02. The second-order valence-corrected chi connectivity index (χ2v) is 4.41. The molecule has 0 saturated carbocycles. The van der Waals surface area contributed by atoms with Gasteiger partial charge in [-0.1, -0.05) is 13.0 Å². The molecular weight excluding hydrogens is 244 g/mol. The van der Waals surface area contributed by atoms with Crippen molar-refractivity contribution in [2.75, 3.05) is 0 Å². The van der Waals surface area contributed by atoms with Crippen molar-refractivity contribution in [3.05, 3.63) is 42.2 Å². The molecule has 96 valence electrons. The predicted molar refractivity (Wildman–Crippen MR) is 67.2 cm³/mol. The minimum atomic E-state index is -0.215. The van der Waals surface area contributed by atoms with Gasteiger partial charge in [-0.25, -0.2) is 9.97 Å². The van der Waals surface area contributed by atoms with E-state index in [-0.39, 0.29) is 17.9 Å². The number of aromatic nitrogens is 2. The van der Waals surface area contributed by atoms with Gasteiger partial charge in [0.05, 0.1) is 6.42 Å². The number of nitrogens with zero attached hydrogens (tertiary/aromatic N) is 2. The molecule has 1 aliphatic rings. The molecular formula is C14H12N2O3. The molecule has 0 N–H and O–H groups in total. The topological polar surface area (TPSA) is 61.3 Å². The third-order valence-corrected chi connectivity index (χ3v) is 2.96. The van der Waals surface area contributed by atoms with Crippen LogP contribution in [-0.2, 0) is 4.79 Å². The van der Waals surface area contributed by atoms with Crippen LogP contribution in [0.5, 0.6) is 17.5 Å². The Morgan fingerprint density at radius 2 is 2.11 bits per heavy atom. The molecule has 0 saturated heterocycles. The second kappa shape index (κ2) is 4.68. The van der Waals surface area contributed by atoms with Crippen LogP contribution >= 0.6 is 0 Å². The molecule has 19 heavy (non-hydrogen) atoms. The van der Waals surface area contributed by atoms with Gasteiger partial charge in [-0.15, -0.1) is 0 Å². The quantitative estimate of drug-likeness (QED) is 0.610. The SMILES string of the molecule is CC1CC(=O)Oc2cc(Oc3ncccn3)ccc21. The maximum atomic E-state index is 11.4. The van der Waals surface area contributed by atoms with Crippen molar-refractivity contribution in [2.24, 2.45) is 0 Å². The summed E-state index contributed by atoms with van der Waals surface area (Å²) in [5, 5.41) is 0. The van der Waals surface area contributed by atoms with Gasteiger partial charge >= 0.3 is 12.0 Å². The van der Waals surface area contributed by atoms with E-state index in [1.165, 1.54) is 0 Å². The first-order chi connectivity index (χ1) is 9.22. The fourth-order valence-corrected chi connectivity index (χ4v) is 2.04. The van der Waals surface area contributed by atoms with E-state index in [4.69, 9.17) is 9.47 Å². The van der Waals surface area contributed by atoms with E-state index in [0.717, 1.165) is 5.56 Å². The highest BCUT2D eigenvalue weighted by atomic mass is 16.5. The van der Waals surface area contributed by atoms with E-state index in [1.807, 2.05) is 19.1 Å². The van der Waals surface area contributed by atoms with Crippen LogP contribution in [0.4, 0.5) is 0 Å². The number of carbonyl (C=O) groups is 1. The molecule has 0 fully saturated rings. The lowest BCUT2D eigenvalue weighted by Crippen LogP contribution is -2.18. The molecule has 1 aromatic carbocycles. The van der Waals surface area contributed by atoms with Gasteiger partial charge in [0.25, 0.3) is 0 Å². The lowest BCUT2D eigenvalue weighted by molar-refractivity contribution is -0.135. The summed E-state index contributed by atoms with van der Waals surface area (Å²) in [6.45, 7) is 2.00. The summed E-state index contributed by atoms with van der Waals surface area (Å²) in [6, 6.07) is 7.40. The summed E-state index contributed by atoms with van der Waals surface area (Å²) < 4.78 is 10.7. The molecule has 0 amide bonds. The Balaban J connectivity index is 1.89. The van der Waals surface area contributed by atoms with Crippen LogP contribution in [0.2, 0.25) is 0 Å². The van der Waals surface area contributed by atoms with Crippen LogP contribution in [0.15, 0.2) is 36.7 Å². The molecule has 1 aliphatic heterocycles. The maximum Gasteiger partial charge on any atom is 0.321 e. The average Bonchev–Trinajstić information content (AvgIpc) is 2.39. The standard InChI is InChI=1S/C14H12N2O3/c1-9-7-13(17)19-12-8-10(3-4-11(9)12)18-14-15-5-2-6-16-14/h2-6,8-9H,7H2,1H3. The van der Waals surface area contributed by atoms with Crippen LogP contribution in [0.25, 0.3) is 0 Å². The van der Waals surface area contributed by atoms with Gasteiger partial charge in [0.1, 0.15) is 11.5 Å². The molecule has 0 radical (unpaired) electrons. The summed E-state index contributed by atoms with van der Waals surface area (Å²) in [7, 11) is 0. The van der Waals surface area contributed by atoms with Gasteiger partial charge in [0.2, 0.25) is 0 Å². The first-order valence-corrected chi connectivity index (χ1v) is 6.02. The van der Waals surface area contributed by atoms with Crippen LogP contribution in [0.3, 0.4) is 0 Å². The van der Waals surface area contributed by atoms with Crippen LogP contribution < -0.4 is 9.47 Å². The van der Waals surface area contributed by atoms with E-state index in [9.17, 15) is 4.79 Å². The fourth-order valence-electron chi connectivity index (χ4n) is 2.04. The molecule has 1 unspecified atom stereocenters. The fraction of sp³-hybridized carbons (Fsp3) is 0.214. The molecule has 0 spiro atoms. The smallest absolute Gasteiger partial charge is 0.321 e. The normalized spacial score (nSPS) is 17.5. The lowest BCUT2D eigenvalue weighted by atomic mass is 9.95. The Morgan fingerprint density at radius 3 is 2.89 bits per heavy atom. The third-order valence-electron chi connectivity index (χ3n) is 2.96. The van der Waals surface area contributed by atoms with E-state index < -0.39 is 0 Å². The first kappa shape index (κ1) is 11.6. The summed E-state index contributed by atoms with van der Waals surface area (Å²) in [4.78, 5) is 19.4. The zero-order valence-electron chi connectivity index (χ0n) is 10.4. The summed E-state index contributed by atoms with van der Waals surface area (Å²) in [6.07, 6.45) is 3.61. The monoisotopic (exact) mass is 256 g/mol. The highest BCUT2D eigenvalue weighted by Crippen LogP contribution is 2.36. The Labute approximate surface area is 110 Å². The number of esters is 1. The Kier molecular flexibility index (Phi) is 2.87. The Morgan fingerprint density at radius 1 is 1.32 bits per heavy atom. The van der Waals surface area contributed by atoms with Crippen LogP contribution in [0, 0.1) is 0 Å². The molecule has 0 aliphatic carbocycles. The maximum absolute atomic E-state index is 11.4. The van der Waals surface area contributed by atoms with E-state index in [0.29, 0.717) is 17.9 Å². The molecule has 3 rings (SSSR count). The number of ether oxygens (including phenoxy) is 2. The van der Waals surface area contributed by atoms with Crippen molar-refractivity contribution in [1.82, 2.24) is 9.97 Å². The van der Waals surface area contributed by atoms with Gasteiger partial charge < -0.3 is 9.47 Å². The second-order valence-electron chi connectivity index (χ2n) is 4.41. The number of carbonyl (C=O) groups excluding carboxylic acids is 1. The third kappa shape index (κ3) is 2.40. The Bertz CT molecular complexity index is 613. The average molecular weight is 256 g/mol. The van der Waals surface area contributed by atoms with E-state index in [2.05, 4.69) is 9.97 Å². The molecule has 0 bridgehead atoms. The zero-order valence-corrected chi connectivity index (χ0v) is 10.4. The van der Waals surface area contributed by atoms with Gasteiger partial charge in [0.15, 0.2) is 0 Å². The summed E-state index contributed by atoms with van der Waals surface area (Å²) >= 11 is 0. The molecule has 1 atom stereocenters. The summed E-state index contributed by atoms with van der Waals surface area (Å²) in [5.41, 5.74) is 1.01. The number of fused-ring (bicyclic) bond motifs is 1. The Hall–Kier alpha value is -2.43. The zero-order chi connectivity index (χ0) is 13.2. The largest absolute Gasteiger partial charge is 0.426 e. The lowest BCUT2D eigenvalue weighted by Gasteiger charge is -2.21. The molecule has 2 aromatic rings. The number of rotatable bonds is 2. The van der Waals surface area contributed by atoms with Crippen molar-refractivity contribution >= 4 is 5.97 Å².